The van der Waals surface area contributed by atoms with Crippen LogP contribution in [-0.4, -0.2) is 11.7 Å². The average molecular weight is 644 g/mol. The van der Waals surface area contributed by atoms with Crippen molar-refractivity contribution in [3.8, 4) is 22.3 Å². The van der Waals surface area contributed by atoms with E-state index in [1.807, 2.05) is 54.6 Å². The molecule has 0 amide bonds. The van der Waals surface area contributed by atoms with E-state index in [9.17, 15) is 0 Å². The van der Waals surface area contributed by atoms with Gasteiger partial charge in [-0.2, -0.15) is 0 Å². The molecule has 5 nitrogen and oxygen atoms in total. The van der Waals surface area contributed by atoms with Crippen LogP contribution in [0.2, 0.25) is 0 Å². The molecule has 7 aromatic carbocycles. The second kappa shape index (κ2) is 11.5. The van der Waals surface area contributed by atoms with Crippen LogP contribution in [-0.2, 0) is 0 Å². The van der Waals surface area contributed by atoms with Gasteiger partial charge in [0.25, 0.3) is 0 Å². The van der Waals surface area contributed by atoms with E-state index in [1.165, 1.54) is 5.56 Å². The van der Waals surface area contributed by atoms with Gasteiger partial charge in [0.15, 0.2) is 5.84 Å². The molecule has 1 aliphatic rings. The molecule has 0 saturated heterocycles. The second-order valence-corrected chi connectivity index (χ2v) is 12.6. The van der Waals surface area contributed by atoms with Gasteiger partial charge in [0.05, 0.1) is 0 Å². The van der Waals surface area contributed by atoms with Crippen molar-refractivity contribution in [2.24, 2.45) is 9.98 Å². The fraction of sp³-hybridized carbons (Fsp3) is 0.0222. The topological polar surface area (TPSA) is 63.0 Å². The molecule has 0 aliphatic carbocycles. The third-order valence-electron chi connectivity index (χ3n) is 9.58. The molecule has 50 heavy (non-hydrogen) atoms. The van der Waals surface area contributed by atoms with Crippen LogP contribution >= 0.6 is 0 Å². The molecule has 1 N–H and O–H groups in total. The number of amidine groups is 2. The Morgan fingerprint density at radius 1 is 0.460 bits per heavy atom. The van der Waals surface area contributed by atoms with Gasteiger partial charge in [-0.1, -0.05) is 127 Å². The molecule has 236 valence electrons. The minimum absolute atomic E-state index is 0.323. The van der Waals surface area contributed by atoms with Crippen molar-refractivity contribution in [2.45, 2.75) is 6.17 Å². The minimum Gasteiger partial charge on any atom is -0.456 e. The van der Waals surface area contributed by atoms with E-state index >= 15 is 0 Å². The molecular weight excluding hydrogens is 615 g/mol. The summed E-state index contributed by atoms with van der Waals surface area (Å²) in [4.78, 5) is 10.3. The van der Waals surface area contributed by atoms with Crippen LogP contribution in [0.1, 0.15) is 22.9 Å². The lowest BCUT2D eigenvalue weighted by atomic mass is 9.96. The van der Waals surface area contributed by atoms with Gasteiger partial charge in [-0.05, 0) is 58.7 Å². The average Bonchev–Trinajstić information content (AvgIpc) is 3.77. The zero-order valence-electron chi connectivity index (χ0n) is 26.9. The van der Waals surface area contributed by atoms with Crippen LogP contribution < -0.4 is 5.32 Å². The molecule has 0 saturated carbocycles. The summed E-state index contributed by atoms with van der Waals surface area (Å²) in [7, 11) is 0. The van der Waals surface area contributed by atoms with Gasteiger partial charge in [-0.3, -0.25) is 0 Å². The summed E-state index contributed by atoms with van der Waals surface area (Å²) < 4.78 is 12.9. The van der Waals surface area contributed by atoms with Crippen molar-refractivity contribution >= 4 is 55.5 Å². The largest absolute Gasteiger partial charge is 0.456 e. The van der Waals surface area contributed by atoms with Crippen molar-refractivity contribution in [3.05, 3.63) is 180 Å². The summed E-state index contributed by atoms with van der Waals surface area (Å²) in [5.74, 6) is 1.42. The summed E-state index contributed by atoms with van der Waals surface area (Å²) >= 11 is 0. The Hall–Kier alpha value is -6.72. The third-order valence-corrected chi connectivity index (χ3v) is 9.58. The summed E-state index contributed by atoms with van der Waals surface area (Å²) in [5, 5.41) is 7.91. The highest BCUT2D eigenvalue weighted by Crippen LogP contribution is 2.40. The van der Waals surface area contributed by atoms with Crippen molar-refractivity contribution in [2.75, 3.05) is 0 Å². The molecule has 1 aliphatic heterocycles. The number of furan rings is 2. The fourth-order valence-electron chi connectivity index (χ4n) is 7.11. The molecular formula is C45H29N3O2. The first-order valence-corrected chi connectivity index (χ1v) is 16.8. The minimum atomic E-state index is -0.323. The molecule has 0 radical (unpaired) electrons. The molecule has 9 aromatic rings. The molecule has 10 rings (SSSR count). The van der Waals surface area contributed by atoms with Gasteiger partial charge in [-0.25, -0.2) is 9.98 Å². The molecule has 0 bridgehead atoms. The van der Waals surface area contributed by atoms with E-state index in [1.54, 1.807) is 0 Å². The Balaban J connectivity index is 1.14. The molecule has 1 atom stereocenters. The molecule has 3 heterocycles. The highest BCUT2D eigenvalue weighted by Gasteiger charge is 2.25. The first kappa shape index (κ1) is 28.3. The van der Waals surface area contributed by atoms with Crippen LogP contribution in [0.4, 0.5) is 0 Å². The summed E-state index contributed by atoms with van der Waals surface area (Å²) in [6, 6.07) is 56.2. The van der Waals surface area contributed by atoms with E-state index in [2.05, 4.69) is 115 Å². The van der Waals surface area contributed by atoms with Crippen molar-refractivity contribution < 1.29 is 8.83 Å². The Morgan fingerprint density at radius 2 is 1.06 bits per heavy atom. The van der Waals surface area contributed by atoms with Crippen molar-refractivity contribution in [3.63, 3.8) is 0 Å². The number of benzene rings is 7. The van der Waals surface area contributed by atoms with E-state index < -0.39 is 0 Å². The Morgan fingerprint density at radius 3 is 1.86 bits per heavy atom. The maximum Gasteiger partial charge on any atom is 0.159 e. The molecule has 5 heteroatoms. The SMILES string of the molecule is c1ccc(-c2ccc(C3=NC(c4ccccc4)NC(c4ccc(-c5ccc6c(c5)oc5ccccc56)c5oc6ccccc6c45)=N3)cc2)cc1. The van der Waals surface area contributed by atoms with Crippen molar-refractivity contribution in [1.82, 2.24) is 5.32 Å². The lowest BCUT2D eigenvalue weighted by molar-refractivity contribution is 0.667. The maximum atomic E-state index is 6.68. The first-order chi connectivity index (χ1) is 24.8. The quantitative estimate of drug-likeness (QED) is 0.203. The number of aliphatic imine (C=N–C) groups is 2. The summed E-state index contributed by atoms with van der Waals surface area (Å²) in [6.45, 7) is 0. The number of nitrogens with zero attached hydrogens (tertiary/aromatic N) is 2. The smallest absolute Gasteiger partial charge is 0.159 e. The molecule has 1 unspecified atom stereocenters. The maximum absolute atomic E-state index is 6.68. The molecule has 2 aromatic heterocycles. The fourth-order valence-corrected chi connectivity index (χ4v) is 7.11. The van der Waals surface area contributed by atoms with Crippen LogP contribution in [0.5, 0.6) is 0 Å². The van der Waals surface area contributed by atoms with Gasteiger partial charge < -0.3 is 14.2 Å². The van der Waals surface area contributed by atoms with Gasteiger partial charge in [-0.15, -0.1) is 0 Å². The van der Waals surface area contributed by atoms with Crippen LogP contribution in [0.3, 0.4) is 0 Å². The Bertz CT molecular complexity index is 2770. The van der Waals surface area contributed by atoms with Crippen LogP contribution in [0.15, 0.2) is 183 Å². The zero-order valence-corrected chi connectivity index (χ0v) is 26.9. The number of rotatable bonds is 5. The predicted octanol–water partition coefficient (Wildman–Crippen LogP) is 11.3. The molecule has 0 fully saturated rings. The van der Waals surface area contributed by atoms with Gasteiger partial charge in [0.1, 0.15) is 34.3 Å². The summed E-state index contributed by atoms with van der Waals surface area (Å²) in [6.07, 6.45) is -0.323. The van der Waals surface area contributed by atoms with Crippen LogP contribution in [0.25, 0.3) is 66.1 Å². The van der Waals surface area contributed by atoms with E-state index in [0.29, 0.717) is 5.84 Å². The number of hydrogen-bond acceptors (Lipinski definition) is 5. The Kier molecular flexibility index (Phi) is 6.49. The third kappa shape index (κ3) is 4.71. The van der Waals surface area contributed by atoms with Gasteiger partial charge in [0.2, 0.25) is 0 Å². The van der Waals surface area contributed by atoms with Gasteiger partial charge >= 0.3 is 0 Å². The van der Waals surface area contributed by atoms with E-state index in [-0.39, 0.29) is 6.17 Å². The van der Waals surface area contributed by atoms with E-state index in [0.717, 1.165) is 83.1 Å². The number of para-hydroxylation sites is 2. The highest BCUT2D eigenvalue weighted by molar-refractivity contribution is 6.23. The van der Waals surface area contributed by atoms with E-state index in [4.69, 9.17) is 18.8 Å². The van der Waals surface area contributed by atoms with Gasteiger partial charge in [0, 0.05) is 38.2 Å². The normalized spacial score (nSPS) is 14.6. The standard InChI is InChI=1S/C45H29N3O2/c1-3-11-28(12-4-1)29-19-21-31(22-20-29)44-46-43(30-13-5-2-6-14-30)47-45(48-44)37-26-25-33(42-41(37)36-16-8-10-18-39(36)50-42)32-23-24-35-34-15-7-9-17-38(34)49-40(35)27-32/h1-27,43H,(H,46,47,48). The predicted molar refractivity (Wildman–Crippen MR) is 204 cm³/mol. The lowest BCUT2D eigenvalue weighted by Crippen LogP contribution is -2.33. The highest BCUT2D eigenvalue weighted by atomic mass is 16.3. The lowest BCUT2D eigenvalue weighted by Gasteiger charge is -2.24. The Labute approximate surface area is 287 Å². The van der Waals surface area contributed by atoms with Crippen LogP contribution in [0, 0.1) is 0 Å². The number of nitrogens with one attached hydrogen (secondary N) is 1. The number of fused-ring (bicyclic) bond motifs is 6. The zero-order chi connectivity index (χ0) is 33.0. The van der Waals surface area contributed by atoms with Crippen molar-refractivity contribution in [1.29, 1.82) is 0 Å². The number of hydrogen-bond donors (Lipinski definition) is 1. The first-order valence-electron chi connectivity index (χ1n) is 16.8. The summed E-state index contributed by atoms with van der Waals surface area (Å²) in [5.41, 5.74) is 10.6. The molecule has 0 spiro atoms. The monoisotopic (exact) mass is 643 g/mol. The second-order valence-electron chi connectivity index (χ2n) is 12.6.